The van der Waals surface area contributed by atoms with Crippen LogP contribution in [0.25, 0.3) is 0 Å². The maximum absolute atomic E-state index is 11.6. The molecule has 0 atom stereocenters. The van der Waals surface area contributed by atoms with Gasteiger partial charge in [0.1, 0.15) is 17.8 Å². The summed E-state index contributed by atoms with van der Waals surface area (Å²) in [4.78, 5) is 18.7. The van der Waals surface area contributed by atoms with Gasteiger partial charge in [-0.25, -0.2) is 0 Å². The third kappa shape index (κ3) is 3.97. The van der Waals surface area contributed by atoms with E-state index in [1.165, 1.54) is 0 Å². The van der Waals surface area contributed by atoms with Crippen LogP contribution in [-0.2, 0) is 0 Å². The summed E-state index contributed by atoms with van der Waals surface area (Å²) in [5.74, 6) is 0.489. The molecule has 1 heterocycles. The second kappa shape index (κ2) is 7.49. The fourth-order valence-corrected chi connectivity index (χ4v) is 2.42. The lowest BCUT2D eigenvalue weighted by atomic mass is 10.1. The van der Waals surface area contributed by atoms with E-state index in [0.717, 1.165) is 21.9 Å². The van der Waals surface area contributed by atoms with Crippen molar-refractivity contribution < 1.29 is 14.4 Å². The number of nitro groups is 1. The van der Waals surface area contributed by atoms with Gasteiger partial charge in [-0.15, -0.1) is 0 Å². The van der Waals surface area contributed by atoms with Crippen LogP contribution in [0.5, 0.6) is 23.3 Å². The smallest absolute Gasteiger partial charge is 0.393 e. The minimum Gasteiger partial charge on any atom is -0.433 e. The van der Waals surface area contributed by atoms with Crippen molar-refractivity contribution in [2.45, 2.75) is 13.8 Å². The molecule has 0 aliphatic carbocycles. The number of nitrogens with zero attached hydrogens (tertiary/aromatic N) is 3. The summed E-state index contributed by atoms with van der Waals surface area (Å²) >= 11 is 3.32. The van der Waals surface area contributed by atoms with Gasteiger partial charge in [0.05, 0.1) is 4.92 Å². The molecule has 0 saturated heterocycles. The van der Waals surface area contributed by atoms with Crippen LogP contribution in [0.3, 0.4) is 0 Å². The monoisotopic (exact) mass is 415 g/mol. The molecule has 0 saturated carbocycles. The second-order valence-corrected chi connectivity index (χ2v) is 6.41. The van der Waals surface area contributed by atoms with Gasteiger partial charge in [0.2, 0.25) is 0 Å². The van der Waals surface area contributed by atoms with Crippen LogP contribution < -0.4 is 9.47 Å². The van der Waals surface area contributed by atoms with E-state index >= 15 is 0 Å². The van der Waals surface area contributed by atoms with Gasteiger partial charge in [-0.1, -0.05) is 22.0 Å². The summed E-state index contributed by atoms with van der Waals surface area (Å²) in [7, 11) is 0. The SMILES string of the molecule is Cc1ccc(Oc2ncnc(Oc3ccc(Br)cc3)c2[N+](=O)[O-])cc1C. The van der Waals surface area contributed by atoms with Gasteiger partial charge in [0.15, 0.2) is 0 Å². The average Bonchev–Trinajstić information content (AvgIpc) is 2.60. The van der Waals surface area contributed by atoms with E-state index in [2.05, 4.69) is 25.9 Å². The molecule has 0 spiro atoms. The van der Waals surface area contributed by atoms with Crippen molar-refractivity contribution in [3.63, 3.8) is 0 Å². The fraction of sp³-hybridized carbons (Fsp3) is 0.111. The maximum atomic E-state index is 11.6. The number of benzene rings is 2. The normalized spacial score (nSPS) is 10.4. The Labute approximate surface area is 157 Å². The minimum atomic E-state index is -0.620. The number of rotatable bonds is 5. The number of aryl methyl sites for hydroxylation is 2. The number of aromatic nitrogens is 2. The Morgan fingerprint density at radius 2 is 1.50 bits per heavy atom. The Kier molecular flexibility index (Phi) is 5.13. The lowest BCUT2D eigenvalue weighted by Crippen LogP contribution is -2.01. The van der Waals surface area contributed by atoms with Crippen molar-refractivity contribution in [3.05, 3.63) is 74.5 Å². The molecule has 7 nitrogen and oxygen atoms in total. The quantitative estimate of drug-likeness (QED) is 0.412. The summed E-state index contributed by atoms with van der Waals surface area (Å²) in [5.41, 5.74) is 1.66. The van der Waals surface area contributed by atoms with E-state index in [1.807, 2.05) is 19.9 Å². The molecule has 1 aromatic heterocycles. The van der Waals surface area contributed by atoms with Crippen LogP contribution in [0.2, 0.25) is 0 Å². The highest BCUT2D eigenvalue weighted by molar-refractivity contribution is 9.10. The zero-order chi connectivity index (χ0) is 18.7. The summed E-state index contributed by atoms with van der Waals surface area (Å²) in [5, 5.41) is 11.6. The predicted octanol–water partition coefficient (Wildman–Crippen LogP) is 5.35. The standard InChI is InChI=1S/C18H14BrN3O4/c1-11-3-6-15(9-12(11)2)26-18-16(22(23)24)17(20-10-21-18)25-14-7-4-13(19)5-8-14/h3-10H,1-2H3. The third-order valence-corrected chi connectivity index (χ3v) is 4.19. The summed E-state index contributed by atoms with van der Waals surface area (Å²) in [6.45, 7) is 3.90. The van der Waals surface area contributed by atoms with Crippen LogP contribution in [0, 0.1) is 24.0 Å². The zero-order valence-corrected chi connectivity index (χ0v) is 15.6. The molecule has 0 amide bonds. The molecule has 3 aromatic rings. The van der Waals surface area contributed by atoms with Crippen molar-refractivity contribution >= 4 is 21.6 Å². The molecule has 8 heteroatoms. The molecule has 0 bridgehead atoms. The molecule has 0 unspecified atom stereocenters. The van der Waals surface area contributed by atoms with Crippen LogP contribution in [0.4, 0.5) is 5.69 Å². The molecule has 0 N–H and O–H groups in total. The van der Waals surface area contributed by atoms with Crippen molar-refractivity contribution in [1.82, 2.24) is 9.97 Å². The molecule has 0 fully saturated rings. The molecule has 3 rings (SSSR count). The van der Waals surface area contributed by atoms with Crippen LogP contribution >= 0.6 is 15.9 Å². The van der Waals surface area contributed by atoms with E-state index in [4.69, 9.17) is 9.47 Å². The van der Waals surface area contributed by atoms with Gasteiger partial charge in [-0.05, 0) is 61.4 Å². The van der Waals surface area contributed by atoms with Crippen molar-refractivity contribution in [3.8, 4) is 23.3 Å². The second-order valence-electron chi connectivity index (χ2n) is 5.49. The van der Waals surface area contributed by atoms with Crippen LogP contribution in [0.15, 0.2) is 53.3 Å². The van der Waals surface area contributed by atoms with E-state index in [0.29, 0.717) is 11.5 Å². The molecule has 0 radical (unpaired) electrons. The lowest BCUT2D eigenvalue weighted by molar-refractivity contribution is -0.387. The van der Waals surface area contributed by atoms with Gasteiger partial charge >= 0.3 is 17.4 Å². The Morgan fingerprint density at radius 1 is 0.923 bits per heavy atom. The molecule has 26 heavy (non-hydrogen) atoms. The molecule has 0 aliphatic rings. The highest BCUT2D eigenvalue weighted by Gasteiger charge is 2.27. The van der Waals surface area contributed by atoms with Gasteiger partial charge in [-0.2, -0.15) is 9.97 Å². The topological polar surface area (TPSA) is 87.4 Å². The van der Waals surface area contributed by atoms with E-state index < -0.39 is 10.6 Å². The predicted molar refractivity (Wildman–Crippen MR) is 98.9 cm³/mol. The average molecular weight is 416 g/mol. The first-order chi connectivity index (χ1) is 12.4. The first-order valence-electron chi connectivity index (χ1n) is 7.62. The maximum Gasteiger partial charge on any atom is 0.393 e. The van der Waals surface area contributed by atoms with Crippen LogP contribution in [0.1, 0.15) is 11.1 Å². The van der Waals surface area contributed by atoms with Crippen molar-refractivity contribution in [1.29, 1.82) is 0 Å². The summed E-state index contributed by atoms with van der Waals surface area (Å²) in [6.07, 6.45) is 1.16. The third-order valence-electron chi connectivity index (χ3n) is 3.66. The molecular weight excluding hydrogens is 402 g/mol. The molecular formula is C18H14BrN3O4. The van der Waals surface area contributed by atoms with Gasteiger partial charge in [-0.3, -0.25) is 10.1 Å². The largest absolute Gasteiger partial charge is 0.433 e. The van der Waals surface area contributed by atoms with Gasteiger partial charge in [0, 0.05) is 4.47 Å². The number of hydrogen-bond donors (Lipinski definition) is 0. The summed E-state index contributed by atoms with van der Waals surface area (Å²) < 4.78 is 12.0. The zero-order valence-electron chi connectivity index (χ0n) is 14.0. The number of halogens is 1. The van der Waals surface area contributed by atoms with E-state index in [-0.39, 0.29) is 11.8 Å². The van der Waals surface area contributed by atoms with Gasteiger partial charge < -0.3 is 9.47 Å². The lowest BCUT2D eigenvalue weighted by Gasteiger charge is -2.09. The molecule has 0 aliphatic heterocycles. The van der Waals surface area contributed by atoms with E-state index in [1.54, 1.807) is 36.4 Å². The first-order valence-corrected chi connectivity index (χ1v) is 8.41. The molecule has 132 valence electrons. The molecule has 2 aromatic carbocycles. The fourth-order valence-electron chi connectivity index (χ4n) is 2.16. The Morgan fingerprint density at radius 3 is 2.08 bits per heavy atom. The number of hydrogen-bond acceptors (Lipinski definition) is 6. The number of ether oxygens (including phenoxy) is 2. The van der Waals surface area contributed by atoms with Crippen molar-refractivity contribution in [2.24, 2.45) is 0 Å². The Bertz CT molecular complexity index is 961. The van der Waals surface area contributed by atoms with Crippen molar-refractivity contribution in [2.75, 3.05) is 0 Å². The van der Waals surface area contributed by atoms with Gasteiger partial charge in [0.25, 0.3) is 0 Å². The summed E-state index contributed by atoms with van der Waals surface area (Å²) in [6, 6.07) is 12.2. The minimum absolute atomic E-state index is 0.180. The highest BCUT2D eigenvalue weighted by Crippen LogP contribution is 2.38. The Balaban J connectivity index is 1.96. The Hall–Kier alpha value is -3.00. The highest BCUT2D eigenvalue weighted by atomic mass is 79.9. The first kappa shape index (κ1) is 17.8. The van der Waals surface area contributed by atoms with Crippen LogP contribution in [-0.4, -0.2) is 14.9 Å². The van der Waals surface area contributed by atoms with E-state index in [9.17, 15) is 10.1 Å².